The fraction of sp³-hybridized carbons (Fsp3) is 0.917. The Kier molecular flexibility index (Phi) is 28.8. The molecule has 0 radical (unpaired) electrons. The van der Waals surface area contributed by atoms with Gasteiger partial charge in [0, 0.05) is 6.42 Å². The Balaban J connectivity index is -0.000000507. The number of carboxylic acids is 1. The molecule has 2 N–H and O–H groups in total. The van der Waals surface area contributed by atoms with Gasteiger partial charge in [-0.2, -0.15) is 0 Å². The van der Waals surface area contributed by atoms with E-state index < -0.39 is 5.97 Å². The standard InChI is InChI=1S/C12H24O2.Ca.HNO2.2H/c1-2-3-4-5-6-7-8-9-10-11-12(13)14;;2-1-3;;/h2-11H2,1H3,(H,13,14);;(H,2,3);;. The van der Waals surface area contributed by atoms with E-state index in [-0.39, 0.29) is 37.7 Å². The Hall–Kier alpha value is 0.130. The first-order valence-corrected chi connectivity index (χ1v) is 6.37. The van der Waals surface area contributed by atoms with Crippen molar-refractivity contribution < 1.29 is 15.1 Å². The molecule has 0 aromatic heterocycles. The number of rotatable bonds is 10. The molecule has 0 aromatic carbocycles. The minimum absolute atomic E-state index is 0. The molecule has 0 heterocycles. The number of nitrogens with zero attached hydrogens (tertiary/aromatic N) is 1. The van der Waals surface area contributed by atoms with Gasteiger partial charge in [-0.15, -0.1) is 4.91 Å². The molecule has 0 aromatic rings. The summed E-state index contributed by atoms with van der Waals surface area (Å²) in [5.74, 6) is -0.659. The molecule has 6 heteroatoms. The average Bonchev–Trinajstić information content (AvgIpc) is 2.27. The summed E-state index contributed by atoms with van der Waals surface area (Å²) in [4.78, 5) is 18.3. The molecule has 0 bridgehead atoms. The van der Waals surface area contributed by atoms with Gasteiger partial charge in [0.2, 0.25) is 0 Å². The zero-order valence-corrected chi connectivity index (χ0v) is 10.7. The molecule has 0 spiro atoms. The van der Waals surface area contributed by atoms with Crippen molar-refractivity contribution in [2.75, 3.05) is 0 Å². The molecule has 0 aliphatic carbocycles. The second-order valence-electron chi connectivity index (χ2n) is 4.05. The quantitative estimate of drug-likeness (QED) is 0.280. The van der Waals surface area contributed by atoms with Crippen LogP contribution in [0.25, 0.3) is 0 Å². The van der Waals surface area contributed by atoms with Crippen molar-refractivity contribution >= 4 is 43.7 Å². The molecule has 0 unspecified atom stereocenters. The van der Waals surface area contributed by atoms with Gasteiger partial charge in [0.15, 0.2) is 5.34 Å². The number of carbonyl (C=O) groups is 1. The molecule has 18 heavy (non-hydrogen) atoms. The summed E-state index contributed by atoms with van der Waals surface area (Å²) in [5.41, 5.74) is 0. The van der Waals surface area contributed by atoms with Crippen molar-refractivity contribution in [1.29, 1.82) is 0 Å². The van der Waals surface area contributed by atoms with Crippen LogP contribution in [0, 0.1) is 4.91 Å². The molecule has 0 rings (SSSR count). The van der Waals surface area contributed by atoms with Gasteiger partial charge in [-0.3, -0.25) is 4.79 Å². The maximum atomic E-state index is 10.2. The maximum absolute atomic E-state index is 10.2. The number of unbranched alkanes of at least 4 members (excludes halogenated alkanes) is 8. The minimum atomic E-state index is -0.659. The van der Waals surface area contributed by atoms with E-state index in [1.54, 1.807) is 0 Å². The van der Waals surface area contributed by atoms with E-state index in [9.17, 15) is 4.79 Å². The van der Waals surface area contributed by atoms with E-state index >= 15 is 0 Å². The molecular formula is C12H27CaNO4. The molecular weight excluding hydrogens is 262 g/mol. The molecule has 0 atom stereocenters. The van der Waals surface area contributed by atoms with Gasteiger partial charge in [0.25, 0.3) is 0 Å². The van der Waals surface area contributed by atoms with Crippen LogP contribution < -0.4 is 0 Å². The van der Waals surface area contributed by atoms with Gasteiger partial charge in [0.1, 0.15) is 0 Å². The van der Waals surface area contributed by atoms with Gasteiger partial charge >= 0.3 is 43.7 Å². The first kappa shape index (κ1) is 23.2. The van der Waals surface area contributed by atoms with Crippen molar-refractivity contribution in [3.8, 4) is 0 Å². The third kappa shape index (κ3) is 29.8. The predicted octanol–water partition coefficient (Wildman–Crippen LogP) is 3.22. The zero-order chi connectivity index (χ0) is 13.4. The summed E-state index contributed by atoms with van der Waals surface area (Å²) < 4.78 is 0. The Morgan fingerprint density at radius 2 is 1.28 bits per heavy atom. The average molecular weight is 289 g/mol. The van der Waals surface area contributed by atoms with Crippen LogP contribution in [0.15, 0.2) is 5.34 Å². The van der Waals surface area contributed by atoms with Crippen LogP contribution in [0.3, 0.4) is 0 Å². The third-order valence-corrected chi connectivity index (χ3v) is 2.49. The van der Waals surface area contributed by atoms with E-state index in [4.69, 9.17) is 15.2 Å². The number of carboxylic acid groups (broad SMARTS) is 1. The van der Waals surface area contributed by atoms with Gasteiger partial charge in [0.05, 0.1) is 0 Å². The number of aliphatic carboxylic acids is 1. The van der Waals surface area contributed by atoms with E-state index in [1.165, 1.54) is 50.3 Å². The van der Waals surface area contributed by atoms with Crippen molar-refractivity contribution in [3.05, 3.63) is 4.91 Å². The Morgan fingerprint density at radius 3 is 1.61 bits per heavy atom. The normalized spacial score (nSPS) is 8.72. The van der Waals surface area contributed by atoms with Crippen LogP contribution >= 0.6 is 0 Å². The zero-order valence-electron chi connectivity index (χ0n) is 10.7. The van der Waals surface area contributed by atoms with E-state index in [0.29, 0.717) is 6.42 Å². The van der Waals surface area contributed by atoms with Gasteiger partial charge < -0.3 is 10.3 Å². The third-order valence-electron chi connectivity index (χ3n) is 2.49. The topological polar surface area (TPSA) is 87.0 Å². The monoisotopic (exact) mass is 289 g/mol. The van der Waals surface area contributed by atoms with Crippen molar-refractivity contribution in [3.63, 3.8) is 0 Å². The first-order chi connectivity index (χ1) is 8.18. The second-order valence-corrected chi connectivity index (χ2v) is 4.05. The van der Waals surface area contributed by atoms with Crippen LogP contribution in [-0.2, 0) is 4.79 Å². The van der Waals surface area contributed by atoms with Crippen molar-refractivity contribution in [2.24, 2.45) is 5.34 Å². The summed E-state index contributed by atoms with van der Waals surface area (Å²) in [6, 6.07) is 0. The van der Waals surface area contributed by atoms with E-state index in [1.807, 2.05) is 0 Å². The van der Waals surface area contributed by atoms with E-state index in [0.717, 1.165) is 12.8 Å². The van der Waals surface area contributed by atoms with Gasteiger partial charge in [-0.25, -0.2) is 0 Å². The molecule has 0 saturated heterocycles. The molecule has 0 aliphatic rings. The second kappa shape index (κ2) is 22.3. The Labute approximate surface area is 139 Å². The summed E-state index contributed by atoms with van der Waals surface area (Å²) in [6.07, 6.45) is 11.5. The van der Waals surface area contributed by atoms with Crippen LogP contribution in [0.1, 0.15) is 71.1 Å². The van der Waals surface area contributed by atoms with Gasteiger partial charge in [-0.1, -0.05) is 58.3 Å². The SMILES string of the molecule is CCCCCCCCCCCC(=O)O.O=NO.[CaH2]. The first-order valence-electron chi connectivity index (χ1n) is 6.37. The molecule has 0 amide bonds. The summed E-state index contributed by atoms with van der Waals surface area (Å²) in [5, 5.41) is 16.3. The Morgan fingerprint density at radius 1 is 0.944 bits per heavy atom. The molecule has 106 valence electrons. The number of hydrogen-bond acceptors (Lipinski definition) is 3. The van der Waals surface area contributed by atoms with Crippen LogP contribution in [0.4, 0.5) is 0 Å². The molecule has 0 aliphatic heterocycles. The van der Waals surface area contributed by atoms with Crippen molar-refractivity contribution in [1.82, 2.24) is 0 Å². The fourth-order valence-corrected chi connectivity index (χ4v) is 1.59. The number of hydrogen-bond donors (Lipinski definition) is 2. The molecule has 0 saturated carbocycles. The molecule has 5 nitrogen and oxygen atoms in total. The molecule has 0 fully saturated rings. The summed E-state index contributed by atoms with van der Waals surface area (Å²) >= 11 is 0. The van der Waals surface area contributed by atoms with Crippen LogP contribution in [0.5, 0.6) is 0 Å². The van der Waals surface area contributed by atoms with Crippen molar-refractivity contribution in [2.45, 2.75) is 71.1 Å². The fourth-order valence-electron chi connectivity index (χ4n) is 1.59. The summed E-state index contributed by atoms with van der Waals surface area (Å²) in [7, 11) is 0. The predicted molar refractivity (Wildman–Crippen MR) is 75.6 cm³/mol. The Bertz CT molecular complexity index is 179. The van der Waals surface area contributed by atoms with Gasteiger partial charge in [-0.05, 0) is 6.42 Å². The van der Waals surface area contributed by atoms with Crippen LogP contribution in [-0.4, -0.2) is 54.0 Å². The van der Waals surface area contributed by atoms with E-state index in [2.05, 4.69) is 6.92 Å². The van der Waals surface area contributed by atoms with Crippen LogP contribution in [0.2, 0.25) is 0 Å². The summed E-state index contributed by atoms with van der Waals surface area (Å²) in [6.45, 7) is 2.23.